The maximum Gasteiger partial charge on any atom is 0.316 e. The predicted molar refractivity (Wildman–Crippen MR) is 105 cm³/mol. The van der Waals surface area contributed by atoms with Crippen molar-refractivity contribution in [1.82, 2.24) is 29.6 Å². The van der Waals surface area contributed by atoms with Crippen LogP contribution in [0.5, 0.6) is 6.01 Å². The number of aromatic nitrogens is 5. The number of thiazole rings is 1. The van der Waals surface area contributed by atoms with Gasteiger partial charge in [0.15, 0.2) is 0 Å². The van der Waals surface area contributed by atoms with Gasteiger partial charge in [0.2, 0.25) is 0 Å². The summed E-state index contributed by atoms with van der Waals surface area (Å²) in [6, 6.07) is 0.454. The number of hydrogen-bond acceptors (Lipinski definition) is 7. The monoisotopic (exact) mass is 384 g/mol. The topological polar surface area (TPSA) is 69.0 Å². The molecular formula is C19H24N6OS. The van der Waals surface area contributed by atoms with Crippen LogP contribution in [0.25, 0.3) is 11.1 Å². The van der Waals surface area contributed by atoms with E-state index in [-0.39, 0.29) is 6.10 Å². The molecule has 1 saturated heterocycles. The first-order chi connectivity index (χ1) is 13.1. The van der Waals surface area contributed by atoms with Gasteiger partial charge < -0.3 is 4.74 Å². The first-order valence-corrected chi connectivity index (χ1v) is 10.0. The van der Waals surface area contributed by atoms with Crippen LogP contribution < -0.4 is 4.74 Å². The zero-order valence-corrected chi connectivity index (χ0v) is 16.7. The number of hydrogen-bond donors (Lipinski definition) is 0. The van der Waals surface area contributed by atoms with Crippen molar-refractivity contribution in [3.05, 3.63) is 40.4 Å². The summed E-state index contributed by atoms with van der Waals surface area (Å²) in [5, 5.41) is 5.32. The highest BCUT2D eigenvalue weighted by molar-refractivity contribution is 7.11. The van der Waals surface area contributed by atoms with Crippen LogP contribution in [0.3, 0.4) is 0 Å². The molecule has 142 valence electrons. The fourth-order valence-corrected chi connectivity index (χ4v) is 4.33. The second-order valence-electron chi connectivity index (χ2n) is 6.99. The molecule has 27 heavy (non-hydrogen) atoms. The Kier molecular flexibility index (Phi) is 5.18. The van der Waals surface area contributed by atoms with Crippen LogP contribution in [0, 0.1) is 13.8 Å². The van der Waals surface area contributed by atoms with Gasteiger partial charge in [0, 0.05) is 61.3 Å². The smallest absolute Gasteiger partial charge is 0.316 e. The summed E-state index contributed by atoms with van der Waals surface area (Å²) in [4.78, 5) is 17.1. The van der Waals surface area contributed by atoms with Crippen LogP contribution >= 0.6 is 11.3 Å². The van der Waals surface area contributed by atoms with Gasteiger partial charge in [-0.25, -0.2) is 15.0 Å². The molecule has 3 aromatic rings. The number of ether oxygens (including phenoxy) is 1. The minimum Gasteiger partial charge on any atom is -0.460 e. The standard InChI is InChI=1S/C19H24N6OS/c1-13-18(27-14(2)23-13)12-25-6-4-17(5-7-25)26-19-20-8-15(9-21-19)16-10-22-24(3)11-16/h8-11,17H,4-7,12H2,1-3H3. The lowest BCUT2D eigenvalue weighted by atomic mass is 10.1. The highest BCUT2D eigenvalue weighted by Gasteiger charge is 2.22. The maximum absolute atomic E-state index is 6.00. The Hall–Kier alpha value is -2.32. The van der Waals surface area contributed by atoms with Gasteiger partial charge in [-0.3, -0.25) is 9.58 Å². The molecule has 0 spiro atoms. The molecule has 0 unspecified atom stereocenters. The minimum absolute atomic E-state index is 0.176. The van der Waals surface area contributed by atoms with Crippen molar-refractivity contribution in [2.45, 2.75) is 39.3 Å². The molecule has 0 aliphatic carbocycles. The Morgan fingerprint density at radius 1 is 1.11 bits per heavy atom. The van der Waals surface area contributed by atoms with E-state index in [0.29, 0.717) is 6.01 Å². The molecule has 3 aromatic heterocycles. The Balaban J connectivity index is 1.29. The van der Waals surface area contributed by atoms with E-state index in [4.69, 9.17) is 4.74 Å². The first kappa shape index (κ1) is 18.1. The van der Waals surface area contributed by atoms with Crippen molar-refractivity contribution in [3.8, 4) is 17.1 Å². The van der Waals surface area contributed by atoms with Crippen molar-refractivity contribution in [1.29, 1.82) is 0 Å². The van der Waals surface area contributed by atoms with E-state index in [1.54, 1.807) is 34.6 Å². The van der Waals surface area contributed by atoms with E-state index in [2.05, 4.69) is 38.8 Å². The van der Waals surface area contributed by atoms with Gasteiger partial charge in [0.1, 0.15) is 6.10 Å². The Bertz CT molecular complexity index is 895. The van der Waals surface area contributed by atoms with Crippen LogP contribution in [-0.2, 0) is 13.6 Å². The Morgan fingerprint density at radius 2 is 1.85 bits per heavy atom. The molecule has 0 atom stereocenters. The fourth-order valence-electron chi connectivity index (χ4n) is 3.35. The van der Waals surface area contributed by atoms with Crippen molar-refractivity contribution in [2.75, 3.05) is 13.1 Å². The van der Waals surface area contributed by atoms with Crippen LogP contribution in [-0.4, -0.2) is 48.8 Å². The van der Waals surface area contributed by atoms with Crippen molar-refractivity contribution < 1.29 is 4.74 Å². The van der Waals surface area contributed by atoms with Gasteiger partial charge in [-0.05, 0) is 26.7 Å². The third kappa shape index (κ3) is 4.33. The molecule has 0 amide bonds. The van der Waals surface area contributed by atoms with Crippen molar-refractivity contribution in [2.24, 2.45) is 7.05 Å². The highest BCUT2D eigenvalue weighted by atomic mass is 32.1. The number of rotatable bonds is 5. The third-order valence-corrected chi connectivity index (χ3v) is 5.90. The Labute approximate surface area is 163 Å². The molecular weight excluding hydrogens is 360 g/mol. The molecule has 0 aromatic carbocycles. The molecule has 0 saturated carbocycles. The number of piperidine rings is 1. The molecule has 0 radical (unpaired) electrons. The van der Waals surface area contributed by atoms with E-state index in [1.165, 1.54) is 4.88 Å². The second-order valence-corrected chi connectivity index (χ2v) is 8.28. The van der Waals surface area contributed by atoms with Crippen LogP contribution in [0.15, 0.2) is 24.8 Å². The number of nitrogens with zero attached hydrogens (tertiary/aromatic N) is 6. The molecule has 8 heteroatoms. The largest absolute Gasteiger partial charge is 0.460 e. The molecule has 0 N–H and O–H groups in total. The molecule has 4 heterocycles. The van der Waals surface area contributed by atoms with Crippen LogP contribution in [0.4, 0.5) is 0 Å². The van der Waals surface area contributed by atoms with Crippen LogP contribution in [0.2, 0.25) is 0 Å². The molecule has 4 rings (SSSR count). The fraction of sp³-hybridized carbons (Fsp3) is 0.474. The minimum atomic E-state index is 0.176. The summed E-state index contributed by atoms with van der Waals surface area (Å²) >= 11 is 1.80. The molecule has 1 aliphatic rings. The van der Waals surface area contributed by atoms with E-state index >= 15 is 0 Å². The average molecular weight is 385 g/mol. The van der Waals surface area contributed by atoms with Gasteiger partial charge in [0.25, 0.3) is 0 Å². The normalized spacial score (nSPS) is 16.0. The lowest BCUT2D eigenvalue weighted by Crippen LogP contribution is -2.38. The van der Waals surface area contributed by atoms with Crippen molar-refractivity contribution >= 4 is 11.3 Å². The van der Waals surface area contributed by atoms with E-state index in [0.717, 1.165) is 54.3 Å². The zero-order chi connectivity index (χ0) is 18.8. The van der Waals surface area contributed by atoms with Gasteiger partial charge in [-0.2, -0.15) is 5.10 Å². The maximum atomic E-state index is 6.00. The number of aryl methyl sites for hydroxylation is 3. The van der Waals surface area contributed by atoms with E-state index in [9.17, 15) is 0 Å². The average Bonchev–Trinajstić information content (AvgIpc) is 3.22. The van der Waals surface area contributed by atoms with Gasteiger partial charge >= 0.3 is 6.01 Å². The lowest BCUT2D eigenvalue weighted by Gasteiger charge is -2.31. The predicted octanol–water partition coefficient (Wildman–Crippen LogP) is 2.99. The van der Waals surface area contributed by atoms with E-state index in [1.807, 2.05) is 13.2 Å². The summed E-state index contributed by atoms with van der Waals surface area (Å²) in [5.41, 5.74) is 3.12. The van der Waals surface area contributed by atoms with E-state index < -0.39 is 0 Å². The van der Waals surface area contributed by atoms with Gasteiger partial charge in [0.05, 0.1) is 16.9 Å². The summed E-state index contributed by atoms with van der Waals surface area (Å²) in [6.07, 6.45) is 9.50. The number of likely N-dealkylation sites (tertiary alicyclic amines) is 1. The third-order valence-electron chi connectivity index (χ3n) is 4.84. The lowest BCUT2D eigenvalue weighted by molar-refractivity contribution is 0.0896. The Morgan fingerprint density at radius 3 is 2.44 bits per heavy atom. The quantitative estimate of drug-likeness (QED) is 0.674. The molecule has 0 bridgehead atoms. The van der Waals surface area contributed by atoms with Crippen LogP contribution in [0.1, 0.15) is 28.4 Å². The summed E-state index contributed by atoms with van der Waals surface area (Å²) in [5.74, 6) is 0. The summed E-state index contributed by atoms with van der Waals surface area (Å²) < 4.78 is 7.76. The molecule has 1 aliphatic heterocycles. The van der Waals surface area contributed by atoms with Gasteiger partial charge in [-0.1, -0.05) is 0 Å². The SMILES string of the molecule is Cc1nc(C)c(CN2CCC(Oc3ncc(-c4cnn(C)c4)cn3)CC2)s1. The second kappa shape index (κ2) is 7.74. The summed E-state index contributed by atoms with van der Waals surface area (Å²) in [7, 11) is 1.89. The summed E-state index contributed by atoms with van der Waals surface area (Å²) in [6.45, 7) is 7.20. The zero-order valence-electron chi connectivity index (χ0n) is 15.9. The molecule has 7 nitrogen and oxygen atoms in total. The van der Waals surface area contributed by atoms with Gasteiger partial charge in [-0.15, -0.1) is 11.3 Å². The highest BCUT2D eigenvalue weighted by Crippen LogP contribution is 2.23. The van der Waals surface area contributed by atoms with Crippen molar-refractivity contribution in [3.63, 3.8) is 0 Å². The first-order valence-electron chi connectivity index (χ1n) is 9.20. The molecule has 1 fully saturated rings.